The molecule has 3 heteroatoms. The Labute approximate surface area is 130 Å². The number of para-hydroxylation sites is 1. The van der Waals surface area contributed by atoms with Crippen molar-refractivity contribution in [2.75, 3.05) is 26.3 Å². The van der Waals surface area contributed by atoms with E-state index in [4.69, 9.17) is 9.47 Å². The Balaban J connectivity index is 2.30. The topological polar surface area (TPSA) is 21.7 Å². The van der Waals surface area contributed by atoms with Crippen molar-refractivity contribution in [3.05, 3.63) is 30.3 Å². The average Bonchev–Trinajstić information content (AvgIpc) is 2.43. The number of rotatable bonds is 10. The zero-order chi connectivity index (χ0) is 15.7. The van der Waals surface area contributed by atoms with E-state index in [1.165, 1.54) is 0 Å². The first kappa shape index (κ1) is 18.0. The second kappa shape index (κ2) is 9.80. The Hall–Kier alpha value is -1.06. The molecule has 0 amide bonds. The van der Waals surface area contributed by atoms with E-state index in [-0.39, 0.29) is 6.23 Å². The van der Waals surface area contributed by atoms with E-state index in [0.29, 0.717) is 25.0 Å². The fraction of sp³-hybridized carbons (Fsp3) is 0.667. The van der Waals surface area contributed by atoms with Crippen LogP contribution in [0.2, 0.25) is 0 Å². The maximum absolute atomic E-state index is 5.93. The molecule has 1 unspecified atom stereocenters. The third kappa shape index (κ3) is 8.08. The van der Waals surface area contributed by atoms with Crippen LogP contribution in [0, 0.1) is 11.8 Å². The summed E-state index contributed by atoms with van der Waals surface area (Å²) in [6.07, 6.45) is 0.133. The molecule has 0 fully saturated rings. The summed E-state index contributed by atoms with van der Waals surface area (Å²) in [5, 5.41) is 0. The van der Waals surface area contributed by atoms with Gasteiger partial charge in [0.15, 0.2) is 0 Å². The number of ether oxygens (including phenoxy) is 2. The lowest BCUT2D eigenvalue weighted by molar-refractivity contribution is -0.0638. The van der Waals surface area contributed by atoms with Gasteiger partial charge in [0.2, 0.25) is 0 Å². The molecule has 0 bridgehead atoms. The van der Waals surface area contributed by atoms with Gasteiger partial charge in [-0.25, -0.2) is 0 Å². The minimum Gasteiger partial charge on any atom is -0.491 e. The summed E-state index contributed by atoms with van der Waals surface area (Å²) in [6.45, 7) is 14.5. The van der Waals surface area contributed by atoms with Gasteiger partial charge in [-0.3, -0.25) is 4.90 Å². The lowest BCUT2D eigenvalue weighted by Crippen LogP contribution is -2.40. The first-order valence-corrected chi connectivity index (χ1v) is 8.02. The lowest BCUT2D eigenvalue weighted by atomic mass is 10.1. The molecule has 1 rings (SSSR count). The van der Waals surface area contributed by atoms with Crippen LogP contribution in [0.4, 0.5) is 0 Å². The van der Waals surface area contributed by atoms with E-state index in [9.17, 15) is 0 Å². The molecule has 0 heterocycles. The largest absolute Gasteiger partial charge is 0.491 e. The Morgan fingerprint density at radius 2 is 1.43 bits per heavy atom. The predicted molar refractivity (Wildman–Crippen MR) is 88.6 cm³/mol. The van der Waals surface area contributed by atoms with E-state index in [0.717, 1.165) is 18.8 Å². The van der Waals surface area contributed by atoms with Crippen molar-refractivity contribution in [1.29, 1.82) is 0 Å². The van der Waals surface area contributed by atoms with Crippen LogP contribution in [0.25, 0.3) is 0 Å². The highest BCUT2D eigenvalue weighted by Gasteiger charge is 2.16. The summed E-state index contributed by atoms with van der Waals surface area (Å²) in [4.78, 5) is 2.41. The van der Waals surface area contributed by atoms with Gasteiger partial charge in [0.1, 0.15) is 18.6 Å². The predicted octanol–water partition coefficient (Wildman–Crippen LogP) is 4.04. The summed E-state index contributed by atoms with van der Waals surface area (Å²) in [5.41, 5.74) is 0. The van der Waals surface area contributed by atoms with Crippen LogP contribution in [-0.2, 0) is 4.74 Å². The van der Waals surface area contributed by atoms with Crippen LogP contribution in [0.5, 0.6) is 5.75 Å². The summed E-state index contributed by atoms with van der Waals surface area (Å²) in [6, 6.07) is 9.87. The van der Waals surface area contributed by atoms with E-state index in [2.05, 4.69) is 39.5 Å². The van der Waals surface area contributed by atoms with Gasteiger partial charge in [0.25, 0.3) is 0 Å². The molecule has 120 valence electrons. The van der Waals surface area contributed by atoms with Crippen LogP contribution >= 0.6 is 0 Å². The molecular formula is C18H31NO2. The maximum atomic E-state index is 5.93. The Morgan fingerprint density at radius 3 is 1.95 bits per heavy atom. The molecule has 1 atom stereocenters. The van der Waals surface area contributed by atoms with Crippen LogP contribution < -0.4 is 4.74 Å². The summed E-state index contributed by atoms with van der Waals surface area (Å²) in [5.74, 6) is 2.20. The normalized spacial score (nSPS) is 13.1. The van der Waals surface area contributed by atoms with Gasteiger partial charge in [-0.05, 0) is 30.9 Å². The summed E-state index contributed by atoms with van der Waals surface area (Å²) >= 11 is 0. The minimum absolute atomic E-state index is 0.133. The molecule has 0 spiro atoms. The van der Waals surface area contributed by atoms with Gasteiger partial charge in [0, 0.05) is 13.1 Å². The van der Waals surface area contributed by atoms with Crippen molar-refractivity contribution in [3.63, 3.8) is 0 Å². The standard InChI is InChI=1S/C18H31NO2/c1-15(2)13-19(14-16(3)4)17(5)20-11-12-21-18-9-7-6-8-10-18/h6-10,15-17H,11-14H2,1-5H3. The second-order valence-corrected chi connectivity index (χ2v) is 6.37. The molecule has 1 aromatic rings. The van der Waals surface area contributed by atoms with Gasteiger partial charge < -0.3 is 9.47 Å². The minimum atomic E-state index is 0.133. The van der Waals surface area contributed by atoms with Gasteiger partial charge in [-0.15, -0.1) is 0 Å². The highest BCUT2D eigenvalue weighted by Crippen LogP contribution is 2.11. The molecule has 1 aromatic carbocycles. The van der Waals surface area contributed by atoms with E-state index in [1.807, 2.05) is 30.3 Å². The number of hydrogen-bond donors (Lipinski definition) is 0. The van der Waals surface area contributed by atoms with Gasteiger partial charge >= 0.3 is 0 Å². The fourth-order valence-corrected chi connectivity index (χ4v) is 2.31. The molecule has 0 N–H and O–H groups in total. The molecule has 0 saturated heterocycles. The van der Waals surface area contributed by atoms with Gasteiger partial charge in [0.05, 0.1) is 6.61 Å². The second-order valence-electron chi connectivity index (χ2n) is 6.37. The molecule has 21 heavy (non-hydrogen) atoms. The zero-order valence-electron chi connectivity index (χ0n) is 14.2. The molecule has 3 nitrogen and oxygen atoms in total. The highest BCUT2D eigenvalue weighted by molar-refractivity contribution is 5.20. The summed E-state index contributed by atoms with van der Waals surface area (Å²) in [7, 11) is 0. The van der Waals surface area contributed by atoms with Crippen LogP contribution in [0.15, 0.2) is 30.3 Å². The fourth-order valence-electron chi connectivity index (χ4n) is 2.31. The number of hydrogen-bond acceptors (Lipinski definition) is 3. The smallest absolute Gasteiger partial charge is 0.119 e. The monoisotopic (exact) mass is 293 g/mol. The van der Waals surface area contributed by atoms with Crippen LogP contribution in [0.1, 0.15) is 34.6 Å². The van der Waals surface area contributed by atoms with Gasteiger partial charge in [-0.2, -0.15) is 0 Å². The Bertz CT molecular complexity index is 355. The molecular weight excluding hydrogens is 262 g/mol. The molecule has 0 aliphatic heterocycles. The first-order valence-electron chi connectivity index (χ1n) is 8.02. The van der Waals surface area contributed by atoms with Crippen molar-refractivity contribution >= 4 is 0 Å². The lowest BCUT2D eigenvalue weighted by Gasteiger charge is -2.31. The molecule has 0 aliphatic rings. The van der Waals surface area contributed by atoms with Crippen LogP contribution in [0.3, 0.4) is 0 Å². The number of benzene rings is 1. The van der Waals surface area contributed by atoms with E-state index >= 15 is 0 Å². The quantitative estimate of drug-likeness (QED) is 0.480. The third-order valence-corrected chi connectivity index (χ3v) is 3.17. The van der Waals surface area contributed by atoms with Crippen molar-refractivity contribution in [2.24, 2.45) is 11.8 Å². The molecule has 0 aliphatic carbocycles. The summed E-state index contributed by atoms with van der Waals surface area (Å²) < 4.78 is 11.6. The van der Waals surface area contributed by atoms with Crippen molar-refractivity contribution in [3.8, 4) is 5.75 Å². The molecule has 0 aromatic heterocycles. The van der Waals surface area contributed by atoms with E-state index < -0.39 is 0 Å². The van der Waals surface area contributed by atoms with E-state index in [1.54, 1.807) is 0 Å². The van der Waals surface area contributed by atoms with Crippen molar-refractivity contribution < 1.29 is 9.47 Å². The Morgan fingerprint density at radius 1 is 0.857 bits per heavy atom. The van der Waals surface area contributed by atoms with Gasteiger partial charge in [-0.1, -0.05) is 45.9 Å². The van der Waals surface area contributed by atoms with Crippen LogP contribution in [-0.4, -0.2) is 37.4 Å². The third-order valence-electron chi connectivity index (χ3n) is 3.17. The zero-order valence-corrected chi connectivity index (χ0v) is 14.2. The number of nitrogens with zero attached hydrogens (tertiary/aromatic N) is 1. The first-order chi connectivity index (χ1) is 9.99. The molecule has 0 radical (unpaired) electrons. The highest BCUT2D eigenvalue weighted by atomic mass is 16.5. The van der Waals surface area contributed by atoms with Crippen molar-refractivity contribution in [2.45, 2.75) is 40.8 Å². The molecule has 0 saturated carbocycles. The average molecular weight is 293 g/mol. The Kier molecular flexibility index (Phi) is 8.40. The SMILES string of the molecule is CC(C)CN(CC(C)C)C(C)OCCOc1ccccc1. The maximum Gasteiger partial charge on any atom is 0.119 e. The van der Waals surface area contributed by atoms with Crippen molar-refractivity contribution in [1.82, 2.24) is 4.90 Å².